The highest BCUT2D eigenvalue weighted by molar-refractivity contribution is 5.56. The normalized spacial score (nSPS) is 21.2. The Hall–Kier alpha value is -1.02. The number of rotatable bonds is 2. The smallest absolute Gasteiger partial charge is 0.0414 e. The topological polar surface area (TPSA) is 29.3 Å². The molecule has 88 valence electrons. The summed E-state index contributed by atoms with van der Waals surface area (Å²) in [5.74, 6) is 0. The van der Waals surface area contributed by atoms with Crippen LogP contribution in [0.5, 0.6) is 0 Å². The number of nitrogens with zero attached hydrogens (tertiary/aromatic N) is 1. The Labute approximate surface area is 98.4 Å². The average molecular weight is 218 g/mol. The van der Waals surface area contributed by atoms with Crippen LogP contribution in [0.1, 0.15) is 37.3 Å². The van der Waals surface area contributed by atoms with E-state index in [0.717, 1.165) is 0 Å². The number of aryl methyl sites for hydroxylation is 1. The van der Waals surface area contributed by atoms with Crippen LogP contribution in [-0.4, -0.2) is 12.6 Å². The molecule has 1 aromatic rings. The maximum absolute atomic E-state index is 5.84. The lowest BCUT2D eigenvalue weighted by molar-refractivity contribution is 0.484. The molecule has 0 aromatic heterocycles. The van der Waals surface area contributed by atoms with Gasteiger partial charge in [0.15, 0.2) is 0 Å². The number of nitrogens with two attached hydrogens (primary N) is 1. The minimum Gasteiger partial charge on any atom is -0.369 e. The minimum absolute atomic E-state index is 0.639. The number of piperidine rings is 1. The zero-order valence-electron chi connectivity index (χ0n) is 10.4. The Bertz CT molecular complexity index is 360. The van der Waals surface area contributed by atoms with E-state index >= 15 is 0 Å². The molecule has 2 nitrogen and oxygen atoms in total. The van der Waals surface area contributed by atoms with Crippen molar-refractivity contribution in [1.82, 2.24) is 0 Å². The lowest BCUT2D eigenvalue weighted by Crippen LogP contribution is -2.38. The van der Waals surface area contributed by atoms with E-state index in [4.69, 9.17) is 5.73 Å². The van der Waals surface area contributed by atoms with Crippen LogP contribution >= 0.6 is 0 Å². The molecule has 0 saturated carbocycles. The second-order valence-electron chi connectivity index (χ2n) is 4.87. The Balaban J connectivity index is 2.30. The van der Waals surface area contributed by atoms with Gasteiger partial charge in [0, 0.05) is 24.8 Å². The predicted molar refractivity (Wildman–Crippen MR) is 69.7 cm³/mol. The summed E-state index contributed by atoms with van der Waals surface area (Å²) in [4.78, 5) is 2.52. The van der Waals surface area contributed by atoms with E-state index in [0.29, 0.717) is 12.6 Å². The van der Waals surface area contributed by atoms with Gasteiger partial charge in [-0.3, -0.25) is 0 Å². The van der Waals surface area contributed by atoms with Gasteiger partial charge in [0.05, 0.1) is 0 Å². The van der Waals surface area contributed by atoms with E-state index in [2.05, 4.69) is 36.9 Å². The molecular formula is C14H22N2. The van der Waals surface area contributed by atoms with Crippen LogP contribution in [0.3, 0.4) is 0 Å². The third-order valence-corrected chi connectivity index (χ3v) is 3.57. The van der Waals surface area contributed by atoms with Gasteiger partial charge in [0.1, 0.15) is 0 Å². The second-order valence-corrected chi connectivity index (χ2v) is 4.87. The Morgan fingerprint density at radius 2 is 2.19 bits per heavy atom. The molecule has 2 N–H and O–H groups in total. The summed E-state index contributed by atoms with van der Waals surface area (Å²) in [6, 6.07) is 7.30. The van der Waals surface area contributed by atoms with Crippen molar-refractivity contribution < 1.29 is 0 Å². The second kappa shape index (κ2) is 4.88. The molecule has 0 bridgehead atoms. The van der Waals surface area contributed by atoms with Gasteiger partial charge in [0.25, 0.3) is 0 Å². The zero-order chi connectivity index (χ0) is 11.5. The number of hydrogen-bond donors (Lipinski definition) is 1. The van der Waals surface area contributed by atoms with Crippen molar-refractivity contribution in [2.24, 2.45) is 5.73 Å². The lowest BCUT2D eigenvalue weighted by atomic mass is 10.00. The molecule has 2 rings (SSSR count). The van der Waals surface area contributed by atoms with Gasteiger partial charge in [-0.1, -0.05) is 17.7 Å². The molecule has 0 spiro atoms. The molecule has 1 unspecified atom stereocenters. The fourth-order valence-electron chi connectivity index (χ4n) is 2.61. The maximum Gasteiger partial charge on any atom is 0.0414 e. The van der Waals surface area contributed by atoms with Gasteiger partial charge in [-0.2, -0.15) is 0 Å². The van der Waals surface area contributed by atoms with Crippen molar-refractivity contribution in [3.8, 4) is 0 Å². The first-order valence-corrected chi connectivity index (χ1v) is 6.28. The molecule has 0 aliphatic carbocycles. The van der Waals surface area contributed by atoms with Gasteiger partial charge in [-0.05, 0) is 44.7 Å². The molecule has 1 heterocycles. The van der Waals surface area contributed by atoms with E-state index in [9.17, 15) is 0 Å². The lowest BCUT2D eigenvalue weighted by Gasteiger charge is -2.36. The molecule has 16 heavy (non-hydrogen) atoms. The zero-order valence-corrected chi connectivity index (χ0v) is 10.4. The van der Waals surface area contributed by atoms with Crippen molar-refractivity contribution in [2.75, 3.05) is 11.4 Å². The standard InChI is InChI=1S/C14H22N2/c1-11-6-7-14(13(9-11)10-15)16-8-4-3-5-12(16)2/h6-7,9,12H,3-5,8,10,15H2,1-2H3. The Morgan fingerprint density at radius 1 is 1.38 bits per heavy atom. The first kappa shape index (κ1) is 11.5. The third-order valence-electron chi connectivity index (χ3n) is 3.57. The number of anilines is 1. The predicted octanol–water partition coefficient (Wildman–Crippen LogP) is 2.83. The van der Waals surface area contributed by atoms with Crippen LogP contribution in [0.4, 0.5) is 5.69 Å². The van der Waals surface area contributed by atoms with Crippen LogP contribution in [-0.2, 0) is 6.54 Å². The summed E-state index contributed by atoms with van der Waals surface area (Å²) in [5.41, 5.74) is 9.78. The third kappa shape index (κ3) is 2.22. The number of benzene rings is 1. The summed E-state index contributed by atoms with van der Waals surface area (Å²) >= 11 is 0. The van der Waals surface area contributed by atoms with Crippen molar-refractivity contribution in [2.45, 2.75) is 45.7 Å². The quantitative estimate of drug-likeness (QED) is 0.827. The van der Waals surface area contributed by atoms with E-state index < -0.39 is 0 Å². The van der Waals surface area contributed by atoms with Crippen LogP contribution in [0.25, 0.3) is 0 Å². The molecule has 2 heteroatoms. The van der Waals surface area contributed by atoms with Crippen LogP contribution < -0.4 is 10.6 Å². The minimum atomic E-state index is 0.639. The molecule has 0 amide bonds. The van der Waals surface area contributed by atoms with Crippen LogP contribution in [0.2, 0.25) is 0 Å². The van der Waals surface area contributed by atoms with Crippen molar-refractivity contribution in [3.05, 3.63) is 29.3 Å². The Morgan fingerprint density at radius 3 is 2.88 bits per heavy atom. The largest absolute Gasteiger partial charge is 0.369 e. The van der Waals surface area contributed by atoms with Gasteiger partial charge in [-0.15, -0.1) is 0 Å². The highest BCUT2D eigenvalue weighted by Crippen LogP contribution is 2.28. The summed E-state index contributed by atoms with van der Waals surface area (Å²) in [5, 5.41) is 0. The first-order valence-electron chi connectivity index (χ1n) is 6.28. The maximum atomic E-state index is 5.84. The SMILES string of the molecule is Cc1ccc(N2CCCCC2C)c(CN)c1. The van der Waals surface area contributed by atoms with Gasteiger partial charge in [-0.25, -0.2) is 0 Å². The van der Waals surface area contributed by atoms with Gasteiger partial charge < -0.3 is 10.6 Å². The van der Waals surface area contributed by atoms with Crippen LogP contribution in [0.15, 0.2) is 18.2 Å². The fraction of sp³-hybridized carbons (Fsp3) is 0.571. The highest BCUT2D eigenvalue weighted by Gasteiger charge is 2.20. The molecule has 0 radical (unpaired) electrons. The Kier molecular flexibility index (Phi) is 3.49. The fourth-order valence-corrected chi connectivity index (χ4v) is 2.61. The summed E-state index contributed by atoms with van der Waals surface area (Å²) < 4.78 is 0. The molecule has 1 aliphatic rings. The average Bonchev–Trinajstić information content (AvgIpc) is 2.30. The van der Waals surface area contributed by atoms with Crippen LogP contribution in [0, 0.1) is 6.92 Å². The molecule has 1 saturated heterocycles. The van der Waals surface area contributed by atoms with E-state index in [-0.39, 0.29) is 0 Å². The summed E-state index contributed by atoms with van der Waals surface area (Å²) in [7, 11) is 0. The molecule has 1 fully saturated rings. The molecule has 1 aliphatic heterocycles. The van der Waals surface area contributed by atoms with E-state index in [1.165, 1.54) is 42.6 Å². The highest BCUT2D eigenvalue weighted by atomic mass is 15.2. The molecular weight excluding hydrogens is 196 g/mol. The van der Waals surface area contributed by atoms with Crippen molar-refractivity contribution >= 4 is 5.69 Å². The molecule has 1 atom stereocenters. The van der Waals surface area contributed by atoms with E-state index in [1.807, 2.05) is 0 Å². The van der Waals surface area contributed by atoms with Gasteiger partial charge >= 0.3 is 0 Å². The summed E-state index contributed by atoms with van der Waals surface area (Å²) in [6.45, 7) is 6.26. The monoisotopic (exact) mass is 218 g/mol. The first-order chi connectivity index (χ1) is 7.72. The van der Waals surface area contributed by atoms with Crippen molar-refractivity contribution in [1.29, 1.82) is 0 Å². The van der Waals surface area contributed by atoms with Crippen molar-refractivity contribution in [3.63, 3.8) is 0 Å². The van der Waals surface area contributed by atoms with Gasteiger partial charge in [0.2, 0.25) is 0 Å². The number of hydrogen-bond acceptors (Lipinski definition) is 2. The summed E-state index contributed by atoms with van der Waals surface area (Å²) in [6.07, 6.45) is 3.97. The molecule has 1 aromatic carbocycles. The van der Waals surface area contributed by atoms with E-state index in [1.54, 1.807) is 0 Å².